The van der Waals surface area contributed by atoms with Crippen LogP contribution in [0.4, 0.5) is 5.82 Å². The van der Waals surface area contributed by atoms with Gasteiger partial charge in [0.25, 0.3) is 0 Å². The number of halogens is 1. The van der Waals surface area contributed by atoms with E-state index in [4.69, 9.17) is 5.73 Å². The van der Waals surface area contributed by atoms with Gasteiger partial charge in [0.15, 0.2) is 5.65 Å². The monoisotopic (exact) mass is 303 g/mol. The van der Waals surface area contributed by atoms with E-state index in [2.05, 4.69) is 44.6 Å². The van der Waals surface area contributed by atoms with Crippen LogP contribution in [0.5, 0.6) is 0 Å². The first-order chi connectivity index (χ1) is 6.74. The van der Waals surface area contributed by atoms with E-state index in [-0.39, 0.29) is 0 Å². The van der Waals surface area contributed by atoms with Gasteiger partial charge in [-0.1, -0.05) is 6.92 Å². The molecule has 0 saturated carbocycles. The summed E-state index contributed by atoms with van der Waals surface area (Å²) in [6.07, 6.45) is 2.50. The van der Waals surface area contributed by atoms with Gasteiger partial charge in [-0.2, -0.15) is 5.10 Å². The van der Waals surface area contributed by atoms with Crippen LogP contribution in [0.25, 0.3) is 11.0 Å². The van der Waals surface area contributed by atoms with Gasteiger partial charge >= 0.3 is 0 Å². The van der Waals surface area contributed by atoms with Crippen molar-refractivity contribution >= 4 is 39.4 Å². The number of hydrogen-bond donors (Lipinski definition) is 1. The second kappa shape index (κ2) is 3.68. The third-order valence-electron chi connectivity index (χ3n) is 1.95. The number of rotatable bonds is 2. The predicted octanol–water partition coefficient (Wildman–Crippen LogP) is 1.42. The summed E-state index contributed by atoms with van der Waals surface area (Å²) >= 11 is 2.15. The van der Waals surface area contributed by atoms with Gasteiger partial charge in [0.2, 0.25) is 0 Å². The molecule has 2 aromatic rings. The molecule has 0 fully saturated rings. The van der Waals surface area contributed by atoms with E-state index in [9.17, 15) is 0 Å². The zero-order valence-electron chi connectivity index (χ0n) is 7.74. The van der Waals surface area contributed by atoms with Crippen LogP contribution < -0.4 is 5.73 Å². The van der Waals surface area contributed by atoms with Crippen molar-refractivity contribution in [2.75, 3.05) is 5.73 Å². The summed E-state index contributed by atoms with van der Waals surface area (Å²) in [5.74, 6) is 0.502. The van der Waals surface area contributed by atoms with E-state index < -0.39 is 0 Å². The van der Waals surface area contributed by atoms with Crippen LogP contribution in [0.3, 0.4) is 0 Å². The lowest BCUT2D eigenvalue weighted by molar-refractivity contribution is 0.613. The number of nitrogens with two attached hydrogens (primary N) is 1. The molecule has 0 unspecified atom stereocenters. The topological polar surface area (TPSA) is 69.6 Å². The molecule has 74 valence electrons. The molecular formula is C8H10IN5. The van der Waals surface area contributed by atoms with E-state index in [1.807, 2.05) is 4.68 Å². The molecular weight excluding hydrogens is 293 g/mol. The minimum absolute atomic E-state index is 0.502. The molecule has 2 N–H and O–H groups in total. The molecule has 0 aliphatic rings. The van der Waals surface area contributed by atoms with Crippen molar-refractivity contribution in [1.29, 1.82) is 0 Å². The Morgan fingerprint density at radius 3 is 3.00 bits per heavy atom. The average Bonchev–Trinajstić information content (AvgIpc) is 2.46. The zero-order valence-corrected chi connectivity index (χ0v) is 9.89. The maximum Gasteiger partial charge on any atom is 0.164 e. The second-order valence-electron chi connectivity index (χ2n) is 2.97. The Bertz CT molecular complexity index is 464. The van der Waals surface area contributed by atoms with E-state index in [1.54, 1.807) is 0 Å². The van der Waals surface area contributed by atoms with Crippen molar-refractivity contribution in [2.24, 2.45) is 0 Å². The number of aryl methyl sites for hydroxylation is 1. The Morgan fingerprint density at radius 2 is 2.29 bits per heavy atom. The second-order valence-corrected chi connectivity index (χ2v) is 3.99. The molecule has 0 spiro atoms. The summed E-state index contributed by atoms with van der Waals surface area (Å²) in [7, 11) is 0. The van der Waals surface area contributed by atoms with Crippen LogP contribution in [-0.2, 0) is 6.54 Å². The first-order valence-corrected chi connectivity index (χ1v) is 5.44. The minimum Gasteiger partial charge on any atom is -0.383 e. The van der Waals surface area contributed by atoms with Crippen molar-refractivity contribution < 1.29 is 0 Å². The van der Waals surface area contributed by atoms with Crippen molar-refractivity contribution in [2.45, 2.75) is 19.9 Å². The molecule has 6 heteroatoms. The number of hydrogen-bond acceptors (Lipinski definition) is 4. The van der Waals surface area contributed by atoms with Gasteiger partial charge in [0, 0.05) is 6.54 Å². The van der Waals surface area contributed by atoms with Gasteiger partial charge in [-0.3, -0.25) is 0 Å². The molecule has 2 heterocycles. The van der Waals surface area contributed by atoms with E-state index in [1.165, 1.54) is 6.33 Å². The first kappa shape index (κ1) is 9.63. The van der Waals surface area contributed by atoms with E-state index in [0.29, 0.717) is 5.82 Å². The lowest BCUT2D eigenvalue weighted by atomic mass is 10.4. The quantitative estimate of drug-likeness (QED) is 0.852. The van der Waals surface area contributed by atoms with Gasteiger partial charge in [0.05, 0.1) is 5.39 Å². The molecule has 2 aromatic heterocycles. The summed E-state index contributed by atoms with van der Waals surface area (Å²) in [5.41, 5.74) is 6.58. The van der Waals surface area contributed by atoms with Gasteiger partial charge in [0.1, 0.15) is 15.8 Å². The number of nitrogens with zero attached hydrogens (tertiary/aromatic N) is 4. The third-order valence-corrected chi connectivity index (χ3v) is 2.71. The summed E-state index contributed by atoms with van der Waals surface area (Å²) in [4.78, 5) is 8.14. The summed E-state index contributed by atoms with van der Waals surface area (Å²) in [6.45, 7) is 2.96. The fourth-order valence-corrected chi connectivity index (χ4v) is 2.13. The highest BCUT2D eigenvalue weighted by Gasteiger charge is 2.11. The number of aromatic nitrogens is 4. The fourth-order valence-electron chi connectivity index (χ4n) is 1.35. The Kier molecular flexibility index (Phi) is 2.53. The molecule has 0 bridgehead atoms. The summed E-state index contributed by atoms with van der Waals surface area (Å²) in [5, 5.41) is 5.22. The van der Waals surface area contributed by atoms with Gasteiger partial charge < -0.3 is 5.73 Å². The Morgan fingerprint density at radius 1 is 1.50 bits per heavy atom. The maximum absolute atomic E-state index is 5.76. The highest BCUT2D eigenvalue weighted by molar-refractivity contribution is 14.1. The van der Waals surface area contributed by atoms with Crippen LogP contribution in [-0.4, -0.2) is 19.7 Å². The molecule has 0 atom stereocenters. The third kappa shape index (κ3) is 1.43. The Hall–Kier alpha value is -0.920. The standard InChI is InChI=1S/C8H10IN5/c1-2-3-14-8-5(6(9)13-14)7(10)11-4-12-8/h4H,2-3H2,1H3,(H2,10,11,12). The average molecular weight is 303 g/mol. The number of anilines is 1. The number of fused-ring (bicyclic) bond motifs is 1. The van der Waals surface area contributed by atoms with Crippen LogP contribution >= 0.6 is 22.6 Å². The predicted molar refractivity (Wildman–Crippen MR) is 62.7 cm³/mol. The molecule has 0 aliphatic carbocycles. The molecule has 14 heavy (non-hydrogen) atoms. The van der Waals surface area contributed by atoms with Gasteiger partial charge in [-0.05, 0) is 29.0 Å². The van der Waals surface area contributed by atoms with Crippen molar-refractivity contribution in [3.8, 4) is 0 Å². The molecule has 2 rings (SSSR count). The van der Waals surface area contributed by atoms with Gasteiger partial charge in [-0.25, -0.2) is 14.6 Å². The van der Waals surface area contributed by atoms with Crippen molar-refractivity contribution in [1.82, 2.24) is 19.7 Å². The number of nitrogen functional groups attached to an aromatic ring is 1. The van der Waals surface area contributed by atoms with Gasteiger partial charge in [-0.15, -0.1) is 0 Å². The molecule has 0 saturated heterocycles. The molecule has 0 amide bonds. The lowest BCUT2D eigenvalue weighted by Gasteiger charge is -1.98. The van der Waals surface area contributed by atoms with Crippen LogP contribution in [0, 0.1) is 3.70 Å². The van der Waals surface area contributed by atoms with Crippen molar-refractivity contribution in [3.63, 3.8) is 0 Å². The Labute approximate surface area is 94.9 Å². The molecule has 5 nitrogen and oxygen atoms in total. The lowest BCUT2D eigenvalue weighted by Crippen LogP contribution is -2.00. The summed E-state index contributed by atoms with van der Waals surface area (Å²) in [6, 6.07) is 0. The first-order valence-electron chi connectivity index (χ1n) is 4.36. The highest BCUT2D eigenvalue weighted by Crippen LogP contribution is 2.22. The molecule has 0 aliphatic heterocycles. The van der Waals surface area contributed by atoms with Crippen LogP contribution in [0.1, 0.15) is 13.3 Å². The van der Waals surface area contributed by atoms with Crippen LogP contribution in [0.2, 0.25) is 0 Å². The van der Waals surface area contributed by atoms with Crippen molar-refractivity contribution in [3.05, 3.63) is 10.0 Å². The maximum atomic E-state index is 5.76. The minimum atomic E-state index is 0.502. The Balaban J connectivity index is 2.71. The highest BCUT2D eigenvalue weighted by atomic mass is 127. The SMILES string of the molecule is CCCn1nc(I)c2c(N)ncnc21. The fraction of sp³-hybridized carbons (Fsp3) is 0.375. The molecule has 0 aromatic carbocycles. The summed E-state index contributed by atoms with van der Waals surface area (Å²) < 4.78 is 2.74. The largest absolute Gasteiger partial charge is 0.383 e. The smallest absolute Gasteiger partial charge is 0.164 e. The van der Waals surface area contributed by atoms with E-state index in [0.717, 1.165) is 27.7 Å². The van der Waals surface area contributed by atoms with E-state index >= 15 is 0 Å². The molecule has 0 radical (unpaired) electrons. The normalized spacial score (nSPS) is 11.0. The zero-order chi connectivity index (χ0) is 10.1. The van der Waals surface area contributed by atoms with Crippen LogP contribution in [0.15, 0.2) is 6.33 Å².